The summed E-state index contributed by atoms with van der Waals surface area (Å²) in [4.78, 5) is 40.6. The van der Waals surface area contributed by atoms with Gasteiger partial charge in [0, 0.05) is 32.8 Å². The number of amides is 3. The van der Waals surface area contributed by atoms with Crippen molar-refractivity contribution >= 4 is 81.6 Å². The van der Waals surface area contributed by atoms with E-state index in [2.05, 4.69) is 20.5 Å². The van der Waals surface area contributed by atoms with E-state index in [0.717, 1.165) is 38.4 Å². The zero-order chi connectivity index (χ0) is 44.0. The number of hydrogen-bond donors (Lipinski definition) is 7. The zero-order valence-electron chi connectivity index (χ0n) is 29.9. The highest BCUT2D eigenvalue weighted by molar-refractivity contribution is 7.87. The highest BCUT2D eigenvalue weighted by Gasteiger charge is 2.38. The molecule has 3 heterocycles. The Hall–Kier alpha value is -6.14. The average molecular weight is 900 g/mol. The van der Waals surface area contributed by atoms with Crippen molar-refractivity contribution in [2.75, 3.05) is 25.6 Å². The number of rotatable bonds is 12. The molecule has 2 aliphatic heterocycles. The number of aromatic nitrogens is 2. The Bertz CT molecular complexity index is 2950. The van der Waals surface area contributed by atoms with Crippen LogP contribution in [0.2, 0.25) is 0 Å². The molecule has 2 aliphatic rings. The van der Waals surface area contributed by atoms with Crippen LogP contribution in [-0.4, -0.2) is 127 Å². The first-order chi connectivity index (χ1) is 27.3. The Balaban J connectivity index is 1.71. The molecular formula is C31H29N7O17S4. The Morgan fingerprint density at radius 3 is 1.92 bits per heavy atom. The fraction of sp³-hybridized carbons (Fsp3) is 0.161. The maximum Gasteiger partial charge on any atom is 0.296 e. The van der Waals surface area contributed by atoms with E-state index in [0.29, 0.717) is 47.5 Å². The van der Waals surface area contributed by atoms with Crippen LogP contribution in [0.3, 0.4) is 0 Å². The predicted octanol–water partition coefficient (Wildman–Crippen LogP) is 0.0938. The summed E-state index contributed by atoms with van der Waals surface area (Å²) in [6.45, 7) is 0.0642. The Kier molecular flexibility index (Phi) is 11.8. The third-order valence-electron chi connectivity index (χ3n) is 8.34. The third-order valence-corrected chi connectivity index (χ3v) is 11.8. The molecule has 5 rings (SSSR count). The molecule has 0 aliphatic carbocycles. The van der Waals surface area contributed by atoms with E-state index in [9.17, 15) is 76.5 Å². The number of benzene rings is 2. The van der Waals surface area contributed by atoms with Crippen molar-refractivity contribution in [3.05, 3.63) is 77.2 Å². The topological polar surface area (TPSA) is 370 Å². The van der Waals surface area contributed by atoms with Gasteiger partial charge in [0.15, 0.2) is 11.4 Å². The second-order valence-corrected chi connectivity index (χ2v) is 17.6. The minimum absolute atomic E-state index is 0.0299. The van der Waals surface area contributed by atoms with Gasteiger partial charge in [-0.05, 0) is 67.1 Å². The summed E-state index contributed by atoms with van der Waals surface area (Å²) in [6, 6.07) is 3.41. The number of aromatic hydroxyl groups is 1. The SMILES string of the molecule is CN=C(O)c1nn(-c2cc(S(=O)(=O)O)ccc2S(=O)(=O)O)c(O)c1/C=C/C(=C/C=C1/C(=O)N(c2cc(S(=O)(=O)O)ccc2S(=O)(=O)O)N=C1C(=O)NC)N1CCCC1=O. The van der Waals surface area contributed by atoms with Crippen molar-refractivity contribution in [3.8, 4) is 11.6 Å². The second kappa shape index (κ2) is 15.9. The Morgan fingerprint density at radius 2 is 1.42 bits per heavy atom. The van der Waals surface area contributed by atoms with Crippen LogP contribution in [0.25, 0.3) is 11.8 Å². The van der Waals surface area contributed by atoms with Gasteiger partial charge in [0.25, 0.3) is 52.3 Å². The lowest BCUT2D eigenvalue weighted by molar-refractivity contribution is -0.125. The first kappa shape index (κ1) is 44.0. The van der Waals surface area contributed by atoms with Crippen molar-refractivity contribution < 1.29 is 76.5 Å². The van der Waals surface area contributed by atoms with E-state index in [1.54, 1.807) is 0 Å². The fourth-order valence-corrected chi connectivity index (χ4v) is 7.91. The summed E-state index contributed by atoms with van der Waals surface area (Å²) in [6.07, 6.45) is 4.53. The molecule has 3 aromatic rings. The number of nitrogens with zero attached hydrogens (tertiary/aromatic N) is 6. The number of carbonyl (C=O) groups is 3. The number of likely N-dealkylation sites (tertiary alicyclic amines) is 1. The molecule has 0 bridgehead atoms. The molecular weight excluding hydrogens is 871 g/mol. The molecule has 2 aromatic carbocycles. The van der Waals surface area contributed by atoms with Gasteiger partial charge >= 0.3 is 0 Å². The van der Waals surface area contributed by atoms with Gasteiger partial charge in [-0.1, -0.05) is 0 Å². The van der Waals surface area contributed by atoms with Crippen LogP contribution in [0.15, 0.2) is 95.6 Å². The number of aliphatic hydroxyl groups is 1. The molecule has 0 atom stereocenters. The van der Waals surface area contributed by atoms with Crippen molar-refractivity contribution in [3.63, 3.8) is 0 Å². The summed E-state index contributed by atoms with van der Waals surface area (Å²) < 4.78 is 136. The number of anilines is 1. The molecule has 0 saturated carbocycles. The molecule has 1 aromatic heterocycles. The van der Waals surface area contributed by atoms with E-state index in [4.69, 9.17) is 0 Å². The Labute approximate surface area is 333 Å². The summed E-state index contributed by atoms with van der Waals surface area (Å²) in [5.41, 5.74) is -4.16. The molecule has 24 nitrogen and oxygen atoms in total. The Morgan fingerprint density at radius 1 is 0.864 bits per heavy atom. The number of aliphatic hydroxyl groups excluding tert-OH is 1. The molecule has 3 amide bonds. The van der Waals surface area contributed by atoms with Crippen molar-refractivity contribution in [1.82, 2.24) is 20.0 Å². The largest absolute Gasteiger partial charge is 0.493 e. The van der Waals surface area contributed by atoms with E-state index in [1.165, 1.54) is 4.90 Å². The smallest absolute Gasteiger partial charge is 0.296 e. The number of nitrogens with one attached hydrogen (secondary N) is 1. The highest BCUT2D eigenvalue weighted by Crippen LogP contribution is 2.34. The lowest BCUT2D eigenvalue weighted by atomic mass is 10.1. The number of carbonyl (C=O) groups excluding carboxylic acids is 3. The van der Waals surface area contributed by atoms with Crippen LogP contribution in [0.5, 0.6) is 5.88 Å². The number of hydrazone groups is 1. The van der Waals surface area contributed by atoms with E-state index in [1.807, 2.05) is 0 Å². The van der Waals surface area contributed by atoms with E-state index in [-0.39, 0.29) is 23.7 Å². The van der Waals surface area contributed by atoms with Gasteiger partial charge in [-0.2, -0.15) is 53.6 Å². The number of allylic oxidation sites excluding steroid dienone is 3. The quantitative estimate of drug-likeness (QED) is 0.0416. The van der Waals surface area contributed by atoms with Crippen molar-refractivity contribution in [2.45, 2.75) is 32.4 Å². The van der Waals surface area contributed by atoms with Gasteiger partial charge in [0.1, 0.15) is 9.79 Å². The molecule has 0 unspecified atom stereocenters. The summed E-state index contributed by atoms with van der Waals surface area (Å²) in [5, 5.41) is 32.2. The average Bonchev–Trinajstić information content (AvgIpc) is 3.83. The molecule has 59 heavy (non-hydrogen) atoms. The summed E-state index contributed by atoms with van der Waals surface area (Å²) in [5.74, 6) is -4.69. The van der Waals surface area contributed by atoms with Crippen LogP contribution in [0.4, 0.5) is 5.69 Å². The lowest BCUT2D eigenvalue weighted by Gasteiger charge is -2.17. The van der Waals surface area contributed by atoms with Gasteiger partial charge in [-0.25, -0.2) is 0 Å². The van der Waals surface area contributed by atoms with Crippen LogP contribution in [-0.2, 0) is 54.9 Å². The van der Waals surface area contributed by atoms with Crippen LogP contribution < -0.4 is 10.3 Å². The second-order valence-electron chi connectivity index (χ2n) is 12.0. The predicted molar refractivity (Wildman–Crippen MR) is 201 cm³/mol. The highest BCUT2D eigenvalue weighted by atomic mass is 32.2. The standard InChI is InChI=1S/C31H29N7O17S4/c1-32-28(40)26-19(30(42)37(34-26)21-14-17(56(44,45)46)7-11-23(21)58(50,51)52)9-5-16(36-13-3-4-25(36)39)6-10-20-27(29(41)33-2)35-38(31(20)43)22-15-18(57(47,48)49)8-12-24(22)59(53,54)55/h5-12,14-15,42H,3-4,13H2,1-2H3,(H,32,40)(H,33,41)(H,44,45,46)(H,47,48,49)(H,50,51,52)(H,53,54,55)/b9-5+,16-6-,20-10+. The van der Waals surface area contributed by atoms with Gasteiger partial charge in [0.2, 0.25) is 17.7 Å². The van der Waals surface area contributed by atoms with Gasteiger partial charge in [-0.3, -0.25) is 37.6 Å². The number of hydrogen-bond acceptors (Lipinski definition) is 15. The maximum atomic E-state index is 13.8. The normalized spacial score (nSPS) is 16.8. The van der Waals surface area contributed by atoms with Gasteiger partial charge in [0.05, 0.1) is 32.3 Å². The van der Waals surface area contributed by atoms with Crippen LogP contribution in [0, 0.1) is 0 Å². The molecule has 0 spiro atoms. The van der Waals surface area contributed by atoms with E-state index < -0.39 is 123 Å². The molecule has 1 saturated heterocycles. The third kappa shape index (κ3) is 8.97. The molecule has 1 fully saturated rings. The summed E-state index contributed by atoms with van der Waals surface area (Å²) in [7, 11) is -18.2. The maximum absolute atomic E-state index is 13.8. The molecule has 0 radical (unpaired) electrons. The molecule has 314 valence electrons. The van der Waals surface area contributed by atoms with Gasteiger partial charge < -0.3 is 20.4 Å². The lowest BCUT2D eigenvalue weighted by Crippen LogP contribution is -2.29. The number of aliphatic imine (C=N–C) groups is 1. The van der Waals surface area contributed by atoms with E-state index >= 15 is 0 Å². The zero-order valence-corrected chi connectivity index (χ0v) is 33.2. The van der Waals surface area contributed by atoms with Crippen molar-refractivity contribution in [1.29, 1.82) is 0 Å². The molecule has 28 heteroatoms. The van der Waals surface area contributed by atoms with Crippen LogP contribution in [0.1, 0.15) is 24.1 Å². The molecule has 7 N–H and O–H groups in total. The van der Waals surface area contributed by atoms with Crippen molar-refractivity contribution in [2.24, 2.45) is 10.1 Å². The first-order valence-electron chi connectivity index (χ1n) is 16.0. The van der Waals surface area contributed by atoms with Gasteiger partial charge in [-0.15, -0.1) is 0 Å². The monoisotopic (exact) mass is 899 g/mol. The first-order valence-corrected chi connectivity index (χ1v) is 21.8. The fourth-order valence-electron chi connectivity index (χ4n) is 5.60. The summed E-state index contributed by atoms with van der Waals surface area (Å²) >= 11 is 0. The minimum atomic E-state index is -5.20. The minimum Gasteiger partial charge on any atom is -0.493 e. The van der Waals surface area contributed by atoms with Crippen LogP contribution >= 0.6 is 0 Å².